The molecule has 1 saturated carbocycles. The summed E-state index contributed by atoms with van der Waals surface area (Å²) < 4.78 is 0. The van der Waals surface area contributed by atoms with Crippen LogP contribution in [0, 0.1) is 5.92 Å². The van der Waals surface area contributed by atoms with Crippen LogP contribution in [-0.4, -0.2) is 12.5 Å². The molecule has 0 radical (unpaired) electrons. The van der Waals surface area contributed by atoms with Crippen molar-refractivity contribution in [1.29, 1.82) is 0 Å². The number of carbonyl (C=O) groups is 1. The van der Waals surface area contributed by atoms with Crippen LogP contribution in [-0.2, 0) is 17.8 Å². The van der Waals surface area contributed by atoms with Gasteiger partial charge in [0.25, 0.3) is 0 Å². The molecule has 0 saturated heterocycles. The molecule has 1 fully saturated rings. The summed E-state index contributed by atoms with van der Waals surface area (Å²) in [5.74, 6) is 0.940. The van der Waals surface area contributed by atoms with Gasteiger partial charge >= 0.3 is 0 Å². The summed E-state index contributed by atoms with van der Waals surface area (Å²) in [5, 5.41) is 3.03. The van der Waals surface area contributed by atoms with Crippen molar-refractivity contribution in [1.82, 2.24) is 5.32 Å². The first kappa shape index (κ1) is 14.1. The van der Waals surface area contributed by atoms with Gasteiger partial charge in [0, 0.05) is 13.1 Å². The molecule has 104 valence electrons. The summed E-state index contributed by atoms with van der Waals surface area (Å²) in [6.07, 6.45) is 6.98. The van der Waals surface area contributed by atoms with E-state index in [1.807, 2.05) is 24.3 Å². The summed E-state index contributed by atoms with van der Waals surface area (Å²) in [5.41, 5.74) is 7.79. The molecule has 0 spiro atoms. The predicted molar refractivity (Wildman–Crippen MR) is 77.6 cm³/mol. The van der Waals surface area contributed by atoms with Gasteiger partial charge in [0.05, 0.1) is 6.42 Å². The van der Waals surface area contributed by atoms with E-state index in [4.69, 9.17) is 5.73 Å². The quantitative estimate of drug-likeness (QED) is 0.825. The SMILES string of the molecule is NCc1ccccc1CC(=O)NCCC1CCCC1. The molecule has 1 aromatic carbocycles. The molecule has 0 heterocycles. The van der Waals surface area contributed by atoms with Gasteiger partial charge in [-0.15, -0.1) is 0 Å². The normalized spacial score (nSPS) is 15.6. The first-order chi connectivity index (χ1) is 9.29. The standard InChI is InChI=1S/C16H24N2O/c17-12-15-8-4-3-7-14(15)11-16(19)18-10-9-13-5-1-2-6-13/h3-4,7-8,13H,1-2,5-6,9-12,17H2,(H,18,19). The van der Waals surface area contributed by atoms with Crippen molar-refractivity contribution in [3.63, 3.8) is 0 Å². The minimum Gasteiger partial charge on any atom is -0.356 e. The number of nitrogens with one attached hydrogen (secondary N) is 1. The lowest BCUT2D eigenvalue weighted by Crippen LogP contribution is -2.27. The van der Waals surface area contributed by atoms with E-state index in [9.17, 15) is 4.79 Å². The zero-order valence-electron chi connectivity index (χ0n) is 11.5. The predicted octanol–water partition coefficient (Wildman–Crippen LogP) is 2.38. The summed E-state index contributed by atoms with van der Waals surface area (Å²) in [6.45, 7) is 1.31. The van der Waals surface area contributed by atoms with Crippen LogP contribution in [0.3, 0.4) is 0 Å². The Bertz CT molecular complexity index is 411. The lowest BCUT2D eigenvalue weighted by molar-refractivity contribution is -0.120. The molecular weight excluding hydrogens is 236 g/mol. The molecule has 0 bridgehead atoms. The Morgan fingerprint density at radius 3 is 2.58 bits per heavy atom. The van der Waals surface area contributed by atoms with Crippen molar-refractivity contribution in [2.45, 2.75) is 45.1 Å². The van der Waals surface area contributed by atoms with Crippen LogP contribution in [0.15, 0.2) is 24.3 Å². The minimum atomic E-state index is 0.110. The van der Waals surface area contributed by atoms with Crippen LogP contribution in [0.25, 0.3) is 0 Å². The van der Waals surface area contributed by atoms with E-state index in [1.54, 1.807) is 0 Å². The Labute approximate surface area is 115 Å². The molecule has 19 heavy (non-hydrogen) atoms. The van der Waals surface area contributed by atoms with Gasteiger partial charge in [0.2, 0.25) is 5.91 Å². The third-order valence-corrected chi connectivity index (χ3v) is 4.04. The van der Waals surface area contributed by atoms with Gasteiger partial charge in [-0.05, 0) is 23.5 Å². The maximum atomic E-state index is 11.9. The van der Waals surface area contributed by atoms with Gasteiger partial charge in [-0.1, -0.05) is 49.9 Å². The highest BCUT2D eigenvalue weighted by molar-refractivity contribution is 5.78. The molecule has 1 aliphatic carbocycles. The second-order valence-corrected chi connectivity index (χ2v) is 5.44. The average Bonchev–Trinajstić information content (AvgIpc) is 2.92. The molecule has 1 aromatic rings. The molecule has 0 aliphatic heterocycles. The largest absolute Gasteiger partial charge is 0.356 e. The summed E-state index contributed by atoms with van der Waals surface area (Å²) >= 11 is 0. The Morgan fingerprint density at radius 1 is 1.21 bits per heavy atom. The lowest BCUT2D eigenvalue weighted by atomic mass is 10.0. The number of benzene rings is 1. The fourth-order valence-electron chi connectivity index (χ4n) is 2.88. The highest BCUT2D eigenvalue weighted by Crippen LogP contribution is 2.26. The second kappa shape index (κ2) is 7.29. The van der Waals surface area contributed by atoms with E-state index in [0.29, 0.717) is 13.0 Å². The molecule has 1 amide bonds. The van der Waals surface area contributed by atoms with Crippen molar-refractivity contribution in [2.24, 2.45) is 11.7 Å². The summed E-state index contributed by atoms with van der Waals surface area (Å²) in [7, 11) is 0. The maximum absolute atomic E-state index is 11.9. The van der Waals surface area contributed by atoms with Crippen molar-refractivity contribution in [3.05, 3.63) is 35.4 Å². The number of hydrogen-bond acceptors (Lipinski definition) is 2. The van der Waals surface area contributed by atoms with Crippen LogP contribution in [0.2, 0.25) is 0 Å². The highest BCUT2D eigenvalue weighted by Gasteiger charge is 2.14. The first-order valence-corrected chi connectivity index (χ1v) is 7.33. The Kier molecular flexibility index (Phi) is 5.40. The zero-order chi connectivity index (χ0) is 13.5. The maximum Gasteiger partial charge on any atom is 0.224 e. The molecule has 3 nitrogen and oxygen atoms in total. The smallest absolute Gasteiger partial charge is 0.224 e. The molecule has 3 N–H and O–H groups in total. The summed E-state index contributed by atoms with van der Waals surface area (Å²) in [4.78, 5) is 11.9. The van der Waals surface area contributed by atoms with Crippen molar-refractivity contribution in [2.75, 3.05) is 6.54 Å². The Morgan fingerprint density at radius 2 is 1.89 bits per heavy atom. The topological polar surface area (TPSA) is 55.1 Å². The van der Waals surface area contributed by atoms with Crippen molar-refractivity contribution >= 4 is 5.91 Å². The van der Waals surface area contributed by atoms with Crippen molar-refractivity contribution < 1.29 is 4.79 Å². The number of carbonyl (C=O) groups excluding carboxylic acids is 1. The number of hydrogen-bond donors (Lipinski definition) is 2. The Hall–Kier alpha value is -1.35. The Balaban J connectivity index is 1.74. The third-order valence-electron chi connectivity index (χ3n) is 4.04. The monoisotopic (exact) mass is 260 g/mol. The van der Waals surface area contributed by atoms with Crippen LogP contribution in [0.5, 0.6) is 0 Å². The van der Waals surface area contributed by atoms with Gasteiger partial charge in [-0.3, -0.25) is 4.79 Å². The molecule has 0 aromatic heterocycles. The molecular formula is C16H24N2O. The van der Waals surface area contributed by atoms with Gasteiger partial charge in [-0.25, -0.2) is 0 Å². The average molecular weight is 260 g/mol. The third kappa shape index (κ3) is 4.35. The number of rotatable bonds is 6. The zero-order valence-corrected chi connectivity index (χ0v) is 11.5. The van der Waals surface area contributed by atoms with E-state index in [0.717, 1.165) is 30.0 Å². The van der Waals surface area contributed by atoms with Gasteiger partial charge in [0.1, 0.15) is 0 Å². The fraction of sp³-hybridized carbons (Fsp3) is 0.562. The first-order valence-electron chi connectivity index (χ1n) is 7.33. The van der Waals surface area contributed by atoms with Gasteiger partial charge < -0.3 is 11.1 Å². The molecule has 3 heteroatoms. The molecule has 1 aliphatic rings. The lowest BCUT2D eigenvalue weighted by Gasteiger charge is -2.11. The molecule has 0 unspecified atom stereocenters. The van der Waals surface area contributed by atoms with Crippen LogP contribution in [0.4, 0.5) is 0 Å². The molecule has 2 rings (SSSR count). The van der Waals surface area contributed by atoms with E-state index in [1.165, 1.54) is 25.7 Å². The van der Waals surface area contributed by atoms with Crippen LogP contribution >= 0.6 is 0 Å². The number of nitrogens with two attached hydrogens (primary N) is 1. The van der Waals surface area contributed by atoms with Crippen molar-refractivity contribution in [3.8, 4) is 0 Å². The molecule has 0 atom stereocenters. The van der Waals surface area contributed by atoms with Gasteiger partial charge in [0.15, 0.2) is 0 Å². The fourth-order valence-corrected chi connectivity index (χ4v) is 2.88. The number of amides is 1. The van der Waals surface area contributed by atoms with E-state index in [-0.39, 0.29) is 5.91 Å². The summed E-state index contributed by atoms with van der Waals surface area (Å²) in [6, 6.07) is 7.89. The second-order valence-electron chi connectivity index (χ2n) is 5.44. The van der Waals surface area contributed by atoms with Gasteiger partial charge in [-0.2, -0.15) is 0 Å². The highest BCUT2D eigenvalue weighted by atomic mass is 16.1. The minimum absolute atomic E-state index is 0.110. The van der Waals surface area contributed by atoms with E-state index >= 15 is 0 Å². The van der Waals surface area contributed by atoms with Crippen LogP contribution in [0.1, 0.15) is 43.2 Å². The van der Waals surface area contributed by atoms with Crippen LogP contribution < -0.4 is 11.1 Å². The van der Waals surface area contributed by atoms with E-state index < -0.39 is 0 Å². The van der Waals surface area contributed by atoms with E-state index in [2.05, 4.69) is 5.32 Å².